The van der Waals surface area contributed by atoms with Gasteiger partial charge in [0.25, 0.3) is 0 Å². The number of aromatic nitrogens is 1. The first kappa shape index (κ1) is 14.3. The quantitative estimate of drug-likeness (QED) is 0.824. The molecule has 0 N–H and O–H groups in total. The van der Waals surface area contributed by atoms with Crippen LogP contribution in [0, 0.1) is 0 Å². The first-order chi connectivity index (χ1) is 8.04. The second kappa shape index (κ2) is 5.73. The van der Waals surface area contributed by atoms with Gasteiger partial charge in [-0.2, -0.15) is 0 Å². The highest BCUT2D eigenvalue weighted by Crippen LogP contribution is 2.25. The summed E-state index contributed by atoms with van der Waals surface area (Å²) in [5.74, 6) is -0.239. The van der Waals surface area contributed by atoms with E-state index in [1.54, 1.807) is 18.3 Å². The molecule has 0 aliphatic rings. The van der Waals surface area contributed by atoms with E-state index < -0.39 is 6.36 Å². The molecular weight excluding hydrogens is 267 g/mol. The Morgan fingerprint density at radius 1 is 0.944 bits per heavy atom. The standard InChI is InChI=1S/C12H8F3NO.ClH/c13-12(14,15)17-10-6-4-9(5-7-10)11-3-1-2-8-16-11;/h1-8H;1H. The van der Waals surface area contributed by atoms with Crippen molar-refractivity contribution in [1.29, 1.82) is 0 Å². The van der Waals surface area contributed by atoms with Crippen molar-refractivity contribution in [2.24, 2.45) is 0 Å². The topological polar surface area (TPSA) is 22.1 Å². The van der Waals surface area contributed by atoms with E-state index in [0.29, 0.717) is 5.69 Å². The van der Waals surface area contributed by atoms with Crippen LogP contribution < -0.4 is 4.74 Å². The maximum Gasteiger partial charge on any atom is 0.573 e. The second-order valence-corrected chi connectivity index (χ2v) is 3.29. The fourth-order valence-corrected chi connectivity index (χ4v) is 1.36. The number of benzene rings is 1. The zero-order valence-corrected chi connectivity index (χ0v) is 9.83. The lowest BCUT2D eigenvalue weighted by Gasteiger charge is -2.09. The molecule has 0 saturated carbocycles. The van der Waals surface area contributed by atoms with Crippen molar-refractivity contribution in [3.8, 4) is 17.0 Å². The van der Waals surface area contributed by atoms with Crippen molar-refractivity contribution in [3.05, 3.63) is 48.7 Å². The van der Waals surface area contributed by atoms with Gasteiger partial charge in [0.05, 0.1) is 5.69 Å². The van der Waals surface area contributed by atoms with Crippen LogP contribution in [-0.4, -0.2) is 11.3 Å². The van der Waals surface area contributed by atoms with Gasteiger partial charge in [-0.1, -0.05) is 6.07 Å². The Bertz CT molecular complexity index is 485. The minimum atomic E-state index is -4.66. The summed E-state index contributed by atoms with van der Waals surface area (Å²) in [7, 11) is 0. The normalized spacial score (nSPS) is 10.6. The summed E-state index contributed by atoms with van der Waals surface area (Å²) in [6.45, 7) is 0. The van der Waals surface area contributed by atoms with Gasteiger partial charge in [-0.3, -0.25) is 4.98 Å². The summed E-state index contributed by atoms with van der Waals surface area (Å²) >= 11 is 0. The van der Waals surface area contributed by atoms with Crippen LogP contribution in [-0.2, 0) is 0 Å². The fourth-order valence-electron chi connectivity index (χ4n) is 1.36. The molecule has 0 spiro atoms. The molecule has 0 bridgehead atoms. The molecule has 0 amide bonds. The molecule has 0 radical (unpaired) electrons. The van der Waals surface area contributed by atoms with Gasteiger partial charge in [-0.25, -0.2) is 0 Å². The summed E-state index contributed by atoms with van der Waals surface area (Å²) in [6.07, 6.45) is -3.04. The predicted molar refractivity (Wildman–Crippen MR) is 63.6 cm³/mol. The number of halogens is 4. The van der Waals surface area contributed by atoms with Gasteiger partial charge in [-0.15, -0.1) is 25.6 Å². The van der Waals surface area contributed by atoms with Gasteiger partial charge in [0.2, 0.25) is 0 Å². The first-order valence-corrected chi connectivity index (χ1v) is 4.82. The van der Waals surface area contributed by atoms with Crippen LogP contribution in [0.2, 0.25) is 0 Å². The van der Waals surface area contributed by atoms with Crippen molar-refractivity contribution in [3.63, 3.8) is 0 Å². The van der Waals surface area contributed by atoms with Crippen LogP contribution in [0.5, 0.6) is 5.75 Å². The van der Waals surface area contributed by atoms with Crippen LogP contribution in [0.1, 0.15) is 0 Å². The number of rotatable bonds is 2. The van der Waals surface area contributed by atoms with E-state index in [1.165, 1.54) is 24.3 Å². The van der Waals surface area contributed by atoms with Crippen LogP contribution >= 0.6 is 12.4 Å². The third-order valence-corrected chi connectivity index (χ3v) is 2.05. The Balaban J connectivity index is 0.00000162. The van der Waals surface area contributed by atoms with Crippen LogP contribution in [0.4, 0.5) is 13.2 Å². The van der Waals surface area contributed by atoms with Gasteiger partial charge in [0.15, 0.2) is 0 Å². The third-order valence-electron chi connectivity index (χ3n) is 2.05. The zero-order valence-electron chi connectivity index (χ0n) is 9.02. The predicted octanol–water partition coefficient (Wildman–Crippen LogP) is 4.07. The highest BCUT2D eigenvalue weighted by atomic mass is 35.5. The van der Waals surface area contributed by atoms with Gasteiger partial charge >= 0.3 is 6.36 Å². The molecule has 0 atom stereocenters. The Morgan fingerprint density at radius 2 is 1.61 bits per heavy atom. The van der Waals surface area contributed by atoms with Gasteiger partial charge in [0, 0.05) is 11.8 Å². The molecule has 1 heterocycles. The third kappa shape index (κ3) is 3.92. The Hall–Kier alpha value is -1.75. The summed E-state index contributed by atoms with van der Waals surface area (Å²) < 4.78 is 39.6. The van der Waals surface area contributed by atoms with Crippen LogP contribution in [0.25, 0.3) is 11.3 Å². The number of ether oxygens (including phenoxy) is 1. The highest BCUT2D eigenvalue weighted by Gasteiger charge is 2.30. The average molecular weight is 276 g/mol. The molecule has 2 nitrogen and oxygen atoms in total. The molecule has 0 aliphatic heterocycles. The van der Waals surface area contributed by atoms with E-state index in [9.17, 15) is 13.2 Å². The van der Waals surface area contributed by atoms with Gasteiger partial charge in [0.1, 0.15) is 5.75 Å². The second-order valence-electron chi connectivity index (χ2n) is 3.29. The number of nitrogens with zero attached hydrogens (tertiary/aromatic N) is 1. The minimum Gasteiger partial charge on any atom is -0.406 e. The number of alkyl halides is 3. The molecular formula is C12H9ClF3NO. The summed E-state index contributed by atoms with van der Waals surface area (Å²) in [5, 5.41) is 0. The SMILES string of the molecule is Cl.FC(F)(F)Oc1ccc(-c2ccccn2)cc1. The maximum atomic E-state index is 11.9. The van der Waals surface area contributed by atoms with E-state index in [2.05, 4.69) is 9.72 Å². The van der Waals surface area contributed by atoms with E-state index in [0.717, 1.165) is 5.56 Å². The van der Waals surface area contributed by atoms with Crippen molar-refractivity contribution in [2.45, 2.75) is 6.36 Å². The van der Waals surface area contributed by atoms with Gasteiger partial charge in [-0.05, 0) is 36.4 Å². The molecule has 96 valence electrons. The molecule has 2 aromatic rings. The van der Waals surface area contributed by atoms with E-state index in [4.69, 9.17) is 0 Å². The molecule has 0 fully saturated rings. The summed E-state index contributed by atoms with van der Waals surface area (Å²) in [5.41, 5.74) is 1.44. The summed E-state index contributed by atoms with van der Waals surface area (Å²) in [4.78, 5) is 4.09. The van der Waals surface area contributed by atoms with Crippen molar-refractivity contribution in [2.75, 3.05) is 0 Å². The molecule has 0 aliphatic carbocycles. The lowest BCUT2D eigenvalue weighted by Crippen LogP contribution is -2.16. The summed E-state index contributed by atoms with van der Waals surface area (Å²) in [6, 6.07) is 10.9. The number of pyridine rings is 1. The monoisotopic (exact) mass is 275 g/mol. The van der Waals surface area contributed by atoms with E-state index >= 15 is 0 Å². The molecule has 0 unspecified atom stereocenters. The smallest absolute Gasteiger partial charge is 0.406 e. The Kier molecular flexibility index (Phi) is 4.55. The van der Waals surface area contributed by atoms with Crippen molar-refractivity contribution >= 4 is 12.4 Å². The van der Waals surface area contributed by atoms with Gasteiger partial charge < -0.3 is 4.74 Å². The first-order valence-electron chi connectivity index (χ1n) is 4.82. The lowest BCUT2D eigenvalue weighted by atomic mass is 10.1. The lowest BCUT2D eigenvalue weighted by molar-refractivity contribution is -0.274. The largest absolute Gasteiger partial charge is 0.573 e. The number of hydrogen-bond acceptors (Lipinski definition) is 2. The maximum absolute atomic E-state index is 11.9. The molecule has 18 heavy (non-hydrogen) atoms. The van der Waals surface area contributed by atoms with Crippen LogP contribution in [0.15, 0.2) is 48.7 Å². The molecule has 1 aromatic heterocycles. The number of hydrogen-bond donors (Lipinski definition) is 0. The zero-order chi connectivity index (χ0) is 12.3. The molecule has 0 saturated heterocycles. The van der Waals surface area contributed by atoms with E-state index in [-0.39, 0.29) is 18.2 Å². The molecule has 2 rings (SSSR count). The average Bonchev–Trinajstić information content (AvgIpc) is 2.29. The van der Waals surface area contributed by atoms with Crippen molar-refractivity contribution in [1.82, 2.24) is 4.98 Å². The highest BCUT2D eigenvalue weighted by molar-refractivity contribution is 5.85. The van der Waals surface area contributed by atoms with E-state index in [1.807, 2.05) is 6.07 Å². The fraction of sp³-hybridized carbons (Fsp3) is 0.0833. The Morgan fingerprint density at radius 3 is 2.11 bits per heavy atom. The molecule has 6 heteroatoms. The molecule has 1 aromatic carbocycles. The van der Waals surface area contributed by atoms with Crippen LogP contribution in [0.3, 0.4) is 0 Å². The minimum absolute atomic E-state index is 0. The Labute approximate surface area is 108 Å². The van der Waals surface area contributed by atoms with Crippen molar-refractivity contribution < 1.29 is 17.9 Å².